The van der Waals surface area contributed by atoms with Gasteiger partial charge in [0.2, 0.25) is 0 Å². The Labute approximate surface area is 120 Å². The molecule has 0 fully saturated rings. The first-order valence-electron chi connectivity index (χ1n) is 6.94. The predicted octanol–water partition coefficient (Wildman–Crippen LogP) is 3.45. The predicted molar refractivity (Wildman–Crippen MR) is 82.3 cm³/mol. The van der Waals surface area contributed by atoms with Crippen molar-refractivity contribution in [3.8, 4) is 17.0 Å². The van der Waals surface area contributed by atoms with Crippen LogP contribution < -0.4 is 10.1 Å². The third kappa shape index (κ3) is 3.07. The molecule has 0 aliphatic rings. The zero-order valence-electron chi connectivity index (χ0n) is 12.5. The van der Waals surface area contributed by atoms with E-state index in [1.807, 2.05) is 24.3 Å². The van der Waals surface area contributed by atoms with Crippen molar-refractivity contribution in [2.45, 2.75) is 27.2 Å². The van der Waals surface area contributed by atoms with Crippen LogP contribution in [0.2, 0.25) is 0 Å². The molecule has 0 bridgehead atoms. The number of anilines is 1. The van der Waals surface area contributed by atoms with Gasteiger partial charge in [0, 0.05) is 24.6 Å². The van der Waals surface area contributed by atoms with Crippen LogP contribution in [-0.2, 0) is 6.42 Å². The van der Waals surface area contributed by atoms with Gasteiger partial charge < -0.3 is 10.1 Å². The number of hydrogen-bond acceptors (Lipinski definition) is 4. The van der Waals surface area contributed by atoms with Crippen molar-refractivity contribution < 1.29 is 4.74 Å². The van der Waals surface area contributed by atoms with E-state index in [1.165, 1.54) is 0 Å². The number of methoxy groups -OCH3 is 1. The van der Waals surface area contributed by atoms with E-state index in [4.69, 9.17) is 4.74 Å². The van der Waals surface area contributed by atoms with Crippen LogP contribution in [0.4, 0.5) is 5.82 Å². The van der Waals surface area contributed by atoms with E-state index in [0.717, 1.165) is 47.2 Å². The maximum Gasteiger partial charge on any atom is 0.131 e. The van der Waals surface area contributed by atoms with Gasteiger partial charge in [0.15, 0.2) is 0 Å². The number of rotatable bonds is 5. The van der Waals surface area contributed by atoms with Gasteiger partial charge in [-0.05, 0) is 37.6 Å². The Bertz CT molecular complexity index is 596. The second kappa shape index (κ2) is 6.37. The minimum Gasteiger partial charge on any atom is -0.497 e. The summed E-state index contributed by atoms with van der Waals surface area (Å²) in [5, 5.41) is 3.26. The lowest BCUT2D eigenvalue weighted by atomic mass is 10.0. The molecule has 1 N–H and O–H groups in total. The van der Waals surface area contributed by atoms with Gasteiger partial charge in [-0.25, -0.2) is 9.97 Å². The molecule has 0 saturated carbocycles. The molecule has 0 aliphatic heterocycles. The minimum atomic E-state index is 0.821. The van der Waals surface area contributed by atoms with E-state index in [-0.39, 0.29) is 0 Å². The standard InChI is InChI=1S/C16H21N3O/c1-5-15-18-14(10-16(19-15)17-6-2)13-8-7-12(20-4)9-11(13)3/h7-10H,5-6H2,1-4H3,(H,17,18,19). The molecule has 2 aromatic rings. The molecular formula is C16H21N3O. The molecule has 4 heteroatoms. The summed E-state index contributed by atoms with van der Waals surface area (Å²) in [6, 6.07) is 8.03. The van der Waals surface area contributed by atoms with Crippen molar-refractivity contribution in [2.24, 2.45) is 0 Å². The Morgan fingerprint density at radius 1 is 1.15 bits per heavy atom. The van der Waals surface area contributed by atoms with Crippen molar-refractivity contribution >= 4 is 5.82 Å². The van der Waals surface area contributed by atoms with Crippen LogP contribution in [0.5, 0.6) is 5.75 Å². The fourth-order valence-electron chi connectivity index (χ4n) is 2.12. The lowest BCUT2D eigenvalue weighted by Crippen LogP contribution is -2.04. The number of ether oxygens (including phenoxy) is 1. The summed E-state index contributed by atoms with van der Waals surface area (Å²) in [6.07, 6.45) is 0.821. The normalized spacial score (nSPS) is 10.4. The smallest absolute Gasteiger partial charge is 0.131 e. The topological polar surface area (TPSA) is 47.0 Å². The Hall–Kier alpha value is -2.10. The summed E-state index contributed by atoms with van der Waals surface area (Å²) in [6.45, 7) is 7.04. The fourth-order valence-corrected chi connectivity index (χ4v) is 2.12. The highest BCUT2D eigenvalue weighted by Crippen LogP contribution is 2.27. The quantitative estimate of drug-likeness (QED) is 0.904. The maximum atomic E-state index is 5.25. The van der Waals surface area contributed by atoms with Crippen LogP contribution in [0, 0.1) is 6.92 Å². The molecular weight excluding hydrogens is 250 g/mol. The van der Waals surface area contributed by atoms with Crippen LogP contribution in [0.25, 0.3) is 11.3 Å². The third-order valence-corrected chi connectivity index (χ3v) is 3.16. The highest BCUT2D eigenvalue weighted by Gasteiger charge is 2.08. The van der Waals surface area contributed by atoms with Crippen molar-refractivity contribution in [2.75, 3.05) is 19.0 Å². The van der Waals surface area contributed by atoms with Crippen LogP contribution in [0.15, 0.2) is 24.3 Å². The molecule has 4 nitrogen and oxygen atoms in total. The van der Waals surface area contributed by atoms with E-state index in [1.54, 1.807) is 7.11 Å². The minimum absolute atomic E-state index is 0.821. The molecule has 106 valence electrons. The van der Waals surface area contributed by atoms with Gasteiger partial charge in [0.05, 0.1) is 12.8 Å². The van der Waals surface area contributed by atoms with E-state index in [2.05, 4.69) is 36.1 Å². The Kier molecular flexibility index (Phi) is 4.56. The third-order valence-electron chi connectivity index (χ3n) is 3.16. The first-order valence-corrected chi connectivity index (χ1v) is 6.94. The SMILES string of the molecule is CCNc1cc(-c2ccc(OC)cc2C)nc(CC)n1. The summed E-state index contributed by atoms with van der Waals surface area (Å²) in [4.78, 5) is 9.11. The van der Waals surface area contributed by atoms with E-state index >= 15 is 0 Å². The molecule has 0 saturated heterocycles. The van der Waals surface area contributed by atoms with Gasteiger partial charge in [-0.2, -0.15) is 0 Å². The van der Waals surface area contributed by atoms with Crippen molar-refractivity contribution in [3.05, 3.63) is 35.7 Å². The Morgan fingerprint density at radius 2 is 1.95 bits per heavy atom. The highest BCUT2D eigenvalue weighted by molar-refractivity contribution is 5.67. The van der Waals surface area contributed by atoms with Gasteiger partial charge in [-0.15, -0.1) is 0 Å². The first-order chi connectivity index (χ1) is 9.67. The Balaban J connectivity index is 2.48. The number of benzene rings is 1. The number of aryl methyl sites for hydroxylation is 2. The number of aromatic nitrogens is 2. The van der Waals surface area contributed by atoms with Crippen molar-refractivity contribution in [1.29, 1.82) is 0 Å². The highest BCUT2D eigenvalue weighted by atomic mass is 16.5. The molecule has 2 rings (SSSR count). The molecule has 0 atom stereocenters. The Morgan fingerprint density at radius 3 is 2.55 bits per heavy atom. The summed E-state index contributed by atoms with van der Waals surface area (Å²) in [5.74, 6) is 2.60. The molecule has 0 aliphatic carbocycles. The van der Waals surface area contributed by atoms with E-state index in [0.29, 0.717) is 0 Å². The zero-order chi connectivity index (χ0) is 14.5. The van der Waals surface area contributed by atoms with E-state index in [9.17, 15) is 0 Å². The zero-order valence-corrected chi connectivity index (χ0v) is 12.5. The first kappa shape index (κ1) is 14.3. The molecule has 1 aromatic carbocycles. The molecule has 0 unspecified atom stereocenters. The molecule has 1 aromatic heterocycles. The number of nitrogens with zero attached hydrogens (tertiary/aromatic N) is 2. The van der Waals surface area contributed by atoms with E-state index < -0.39 is 0 Å². The van der Waals surface area contributed by atoms with Gasteiger partial charge >= 0.3 is 0 Å². The summed E-state index contributed by atoms with van der Waals surface area (Å²) >= 11 is 0. The van der Waals surface area contributed by atoms with Gasteiger partial charge in [0.25, 0.3) is 0 Å². The number of hydrogen-bond donors (Lipinski definition) is 1. The molecule has 1 heterocycles. The molecule has 0 amide bonds. The van der Waals surface area contributed by atoms with Crippen LogP contribution in [0.1, 0.15) is 25.2 Å². The fraction of sp³-hybridized carbons (Fsp3) is 0.375. The lowest BCUT2D eigenvalue weighted by molar-refractivity contribution is 0.414. The van der Waals surface area contributed by atoms with Crippen molar-refractivity contribution in [1.82, 2.24) is 9.97 Å². The summed E-state index contributed by atoms with van der Waals surface area (Å²) < 4.78 is 5.25. The maximum absolute atomic E-state index is 5.25. The lowest BCUT2D eigenvalue weighted by Gasteiger charge is -2.11. The van der Waals surface area contributed by atoms with Crippen LogP contribution in [0.3, 0.4) is 0 Å². The molecule has 0 spiro atoms. The summed E-state index contributed by atoms with van der Waals surface area (Å²) in [7, 11) is 1.68. The van der Waals surface area contributed by atoms with Crippen molar-refractivity contribution in [3.63, 3.8) is 0 Å². The average Bonchev–Trinajstić information content (AvgIpc) is 2.47. The number of nitrogens with one attached hydrogen (secondary N) is 1. The van der Waals surface area contributed by atoms with Gasteiger partial charge in [-0.1, -0.05) is 6.92 Å². The van der Waals surface area contributed by atoms with Crippen LogP contribution >= 0.6 is 0 Å². The monoisotopic (exact) mass is 271 g/mol. The molecule has 20 heavy (non-hydrogen) atoms. The largest absolute Gasteiger partial charge is 0.497 e. The van der Waals surface area contributed by atoms with Gasteiger partial charge in [-0.3, -0.25) is 0 Å². The molecule has 0 radical (unpaired) electrons. The average molecular weight is 271 g/mol. The van der Waals surface area contributed by atoms with Gasteiger partial charge in [0.1, 0.15) is 17.4 Å². The second-order valence-electron chi connectivity index (χ2n) is 4.62. The van der Waals surface area contributed by atoms with Crippen LogP contribution in [-0.4, -0.2) is 23.6 Å². The summed E-state index contributed by atoms with van der Waals surface area (Å²) in [5.41, 5.74) is 3.21. The second-order valence-corrected chi connectivity index (χ2v) is 4.62.